The second kappa shape index (κ2) is 13.7. The Balaban J connectivity index is 1.92. The van der Waals surface area contributed by atoms with Gasteiger partial charge in [0.05, 0.1) is 45.8 Å². The quantitative estimate of drug-likeness (QED) is 0.267. The molecule has 12 heteroatoms. The highest BCUT2D eigenvalue weighted by molar-refractivity contribution is 9.10. The Bertz CT molecular complexity index is 1090. The van der Waals surface area contributed by atoms with Gasteiger partial charge in [0.25, 0.3) is 10.0 Å². The first-order valence-corrected chi connectivity index (χ1v) is 13.5. The summed E-state index contributed by atoms with van der Waals surface area (Å²) in [7, 11) is -2.61. The smallest absolute Gasteiger partial charge is 0.407 e. The first kappa shape index (κ1) is 29.7. The molecule has 0 radical (unpaired) electrons. The fourth-order valence-electron chi connectivity index (χ4n) is 3.02. The number of nitrogens with zero attached hydrogens (tertiary/aromatic N) is 1. The first-order valence-electron chi connectivity index (χ1n) is 11.3. The fourth-order valence-corrected chi connectivity index (χ4v) is 4.92. The van der Waals surface area contributed by atoms with Crippen LogP contribution in [0.2, 0.25) is 0 Å². The van der Waals surface area contributed by atoms with E-state index in [0.29, 0.717) is 17.9 Å². The third-order valence-electron chi connectivity index (χ3n) is 4.60. The number of anilines is 2. The summed E-state index contributed by atoms with van der Waals surface area (Å²) in [6.07, 6.45) is -0.506. The summed E-state index contributed by atoms with van der Waals surface area (Å²) in [5, 5.41) is 2.60. The van der Waals surface area contributed by atoms with Crippen molar-refractivity contribution < 1.29 is 32.2 Å². The number of amides is 1. The zero-order chi connectivity index (χ0) is 26.8. The second-order valence-electron chi connectivity index (χ2n) is 8.62. The number of ether oxygens (including phenoxy) is 4. The van der Waals surface area contributed by atoms with Crippen molar-refractivity contribution in [3.8, 4) is 5.75 Å². The van der Waals surface area contributed by atoms with Crippen molar-refractivity contribution >= 4 is 43.4 Å². The summed E-state index contributed by atoms with van der Waals surface area (Å²) in [5.74, 6) is 0.195. The van der Waals surface area contributed by atoms with E-state index in [-0.39, 0.29) is 43.6 Å². The third kappa shape index (κ3) is 9.49. The topological polar surface area (TPSA) is 129 Å². The van der Waals surface area contributed by atoms with Crippen molar-refractivity contribution in [3.05, 3.63) is 46.9 Å². The van der Waals surface area contributed by atoms with Gasteiger partial charge in [0, 0.05) is 16.7 Å². The van der Waals surface area contributed by atoms with Crippen LogP contribution in [0.15, 0.2) is 51.8 Å². The largest absolute Gasteiger partial charge is 0.495 e. The molecule has 0 aliphatic rings. The van der Waals surface area contributed by atoms with Crippen LogP contribution in [0.5, 0.6) is 5.75 Å². The maximum Gasteiger partial charge on any atom is 0.407 e. The minimum atomic E-state index is -4.01. The lowest BCUT2D eigenvalue weighted by atomic mass is 10.2. The number of halogens is 1. The number of carbonyl (C=O) groups is 1. The van der Waals surface area contributed by atoms with Crippen molar-refractivity contribution in [2.75, 3.05) is 56.7 Å². The predicted octanol–water partition coefficient (Wildman–Crippen LogP) is 3.79. The molecule has 2 aromatic carbocycles. The monoisotopic (exact) mass is 587 g/mol. The summed E-state index contributed by atoms with van der Waals surface area (Å²) in [6, 6.07) is 11.4. The van der Waals surface area contributed by atoms with Gasteiger partial charge in [-0.25, -0.2) is 13.2 Å². The molecular formula is C24H34BrN3O7S. The molecule has 36 heavy (non-hydrogen) atoms. The maximum absolute atomic E-state index is 13.6. The number of nitrogens with two attached hydrogens (primary N) is 1. The van der Waals surface area contributed by atoms with E-state index in [1.807, 2.05) is 0 Å². The number of hydrogen-bond donors (Lipinski definition) is 2. The first-order chi connectivity index (χ1) is 16.9. The van der Waals surface area contributed by atoms with E-state index in [0.717, 1.165) is 4.47 Å². The fraction of sp³-hybridized carbons (Fsp3) is 0.458. The highest BCUT2D eigenvalue weighted by atomic mass is 79.9. The van der Waals surface area contributed by atoms with Crippen LogP contribution in [0.25, 0.3) is 0 Å². The molecule has 0 spiro atoms. The van der Waals surface area contributed by atoms with Crippen molar-refractivity contribution in [1.82, 2.24) is 5.32 Å². The van der Waals surface area contributed by atoms with E-state index < -0.39 is 21.7 Å². The lowest BCUT2D eigenvalue weighted by molar-refractivity contribution is 0.0412. The minimum Gasteiger partial charge on any atom is -0.495 e. The van der Waals surface area contributed by atoms with E-state index >= 15 is 0 Å². The Hall–Kier alpha value is -2.54. The summed E-state index contributed by atoms with van der Waals surface area (Å²) >= 11 is 3.37. The minimum absolute atomic E-state index is 0.0336. The number of rotatable bonds is 13. The average molecular weight is 589 g/mol. The van der Waals surface area contributed by atoms with Gasteiger partial charge in [-0.2, -0.15) is 0 Å². The Morgan fingerprint density at radius 1 is 1.03 bits per heavy atom. The Labute approximate surface area is 221 Å². The van der Waals surface area contributed by atoms with Gasteiger partial charge in [0.2, 0.25) is 0 Å². The van der Waals surface area contributed by atoms with Crippen molar-refractivity contribution in [3.63, 3.8) is 0 Å². The van der Waals surface area contributed by atoms with Crippen LogP contribution in [0, 0.1) is 0 Å². The molecule has 0 heterocycles. The Morgan fingerprint density at radius 2 is 1.67 bits per heavy atom. The number of nitrogens with one attached hydrogen (secondary N) is 1. The molecular weight excluding hydrogens is 554 g/mol. The van der Waals surface area contributed by atoms with E-state index in [2.05, 4.69) is 21.2 Å². The summed E-state index contributed by atoms with van der Waals surface area (Å²) in [5.41, 5.74) is 6.07. The number of sulfonamides is 1. The molecule has 0 atom stereocenters. The maximum atomic E-state index is 13.6. The molecule has 0 saturated heterocycles. The second-order valence-corrected chi connectivity index (χ2v) is 11.4. The number of hydrogen-bond acceptors (Lipinski definition) is 8. The Kier molecular flexibility index (Phi) is 11.3. The summed E-state index contributed by atoms with van der Waals surface area (Å²) < 4.78 is 50.7. The van der Waals surface area contributed by atoms with E-state index in [9.17, 15) is 13.2 Å². The van der Waals surface area contributed by atoms with Crippen LogP contribution in [0.1, 0.15) is 20.8 Å². The molecule has 0 saturated carbocycles. The average Bonchev–Trinajstić information content (AvgIpc) is 2.80. The summed E-state index contributed by atoms with van der Waals surface area (Å²) in [6.45, 7) is 6.66. The number of benzene rings is 2. The van der Waals surface area contributed by atoms with Gasteiger partial charge in [-0.3, -0.25) is 4.31 Å². The molecule has 2 aromatic rings. The molecule has 0 aliphatic carbocycles. The lowest BCUT2D eigenvalue weighted by Crippen LogP contribution is -2.35. The predicted molar refractivity (Wildman–Crippen MR) is 142 cm³/mol. The molecule has 0 fully saturated rings. The lowest BCUT2D eigenvalue weighted by Gasteiger charge is -2.25. The van der Waals surface area contributed by atoms with Gasteiger partial charge < -0.3 is 30.0 Å². The van der Waals surface area contributed by atoms with Gasteiger partial charge in [-0.15, -0.1) is 0 Å². The zero-order valence-corrected chi connectivity index (χ0v) is 23.4. The van der Waals surface area contributed by atoms with Crippen LogP contribution in [-0.4, -0.2) is 66.7 Å². The molecule has 1 amide bonds. The molecule has 0 aromatic heterocycles. The molecule has 3 N–H and O–H groups in total. The normalized spacial score (nSPS) is 11.7. The molecule has 0 unspecified atom stereocenters. The van der Waals surface area contributed by atoms with Crippen molar-refractivity contribution in [1.29, 1.82) is 0 Å². The van der Waals surface area contributed by atoms with Crippen LogP contribution in [0.4, 0.5) is 16.2 Å². The van der Waals surface area contributed by atoms with E-state index in [4.69, 9.17) is 24.7 Å². The standard InChI is InChI=1S/C24H34BrN3O7S/c1-24(2,3)35-23(29)27-11-13-33-15-16-34-14-12-28(20-8-5-18(25)6-9-20)36(30,31)22-17-19(26)7-10-21(22)32-4/h5-10,17H,11-16,26H2,1-4H3,(H,27,29). The zero-order valence-electron chi connectivity index (χ0n) is 21.0. The van der Waals surface area contributed by atoms with Gasteiger partial charge in [-0.05, 0) is 63.2 Å². The van der Waals surface area contributed by atoms with E-state index in [1.165, 1.54) is 23.5 Å². The molecule has 200 valence electrons. The molecule has 2 rings (SSSR count). The van der Waals surface area contributed by atoms with Gasteiger partial charge in [0.15, 0.2) is 0 Å². The van der Waals surface area contributed by atoms with Crippen molar-refractivity contribution in [2.24, 2.45) is 0 Å². The van der Waals surface area contributed by atoms with Gasteiger partial charge >= 0.3 is 6.09 Å². The van der Waals surface area contributed by atoms with Gasteiger partial charge in [0.1, 0.15) is 16.2 Å². The number of alkyl carbamates (subject to hydrolysis) is 1. The van der Waals surface area contributed by atoms with Gasteiger partial charge in [-0.1, -0.05) is 15.9 Å². The molecule has 0 aliphatic heterocycles. The van der Waals surface area contributed by atoms with Crippen molar-refractivity contribution in [2.45, 2.75) is 31.3 Å². The molecule has 0 bridgehead atoms. The number of carbonyl (C=O) groups excluding carboxylic acids is 1. The Morgan fingerprint density at radius 3 is 2.28 bits per heavy atom. The number of nitrogen functional groups attached to an aromatic ring is 1. The summed E-state index contributed by atoms with van der Waals surface area (Å²) in [4.78, 5) is 11.6. The van der Waals surface area contributed by atoms with Crippen LogP contribution < -0.4 is 20.1 Å². The van der Waals surface area contributed by atoms with E-state index in [1.54, 1.807) is 51.1 Å². The third-order valence-corrected chi connectivity index (χ3v) is 6.97. The molecule has 10 nitrogen and oxygen atoms in total. The number of methoxy groups -OCH3 is 1. The highest BCUT2D eigenvalue weighted by Crippen LogP contribution is 2.32. The highest BCUT2D eigenvalue weighted by Gasteiger charge is 2.28. The SMILES string of the molecule is COc1ccc(N)cc1S(=O)(=O)N(CCOCCOCCNC(=O)OC(C)(C)C)c1ccc(Br)cc1. The van der Waals surface area contributed by atoms with Crippen LogP contribution >= 0.6 is 15.9 Å². The van der Waals surface area contributed by atoms with Crippen LogP contribution in [-0.2, 0) is 24.2 Å². The van der Waals surface area contributed by atoms with Crippen LogP contribution in [0.3, 0.4) is 0 Å².